The molecule has 5 nitrogen and oxygen atoms in total. The number of aliphatic hydroxyl groups excluding tert-OH is 1. The number of alkyl halides is 3. The molecule has 2 rings (SSSR count). The summed E-state index contributed by atoms with van der Waals surface area (Å²) in [5.41, 5.74) is 0.0227. The van der Waals surface area contributed by atoms with Crippen LogP contribution in [0.4, 0.5) is 18.9 Å². The molecule has 0 atom stereocenters. The number of rotatable bonds is 8. The van der Waals surface area contributed by atoms with E-state index in [-0.39, 0.29) is 19.8 Å². The van der Waals surface area contributed by atoms with Gasteiger partial charge in [-0.2, -0.15) is 13.2 Å². The van der Waals surface area contributed by atoms with Crippen molar-refractivity contribution in [3.05, 3.63) is 64.1 Å². The Hall–Kier alpha value is -2.32. The van der Waals surface area contributed by atoms with Crippen molar-refractivity contribution in [2.24, 2.45) is 0 Å². The minimum absolute atomic E-state index is 0.0173. The van der Waals surface area contributed by atoms with Gasteiger partial charge in [0.25, 0.3) is 5.56 Å². The summed E-state index contributed by atoms with van der Waals surface area (Å²) in [5, 5.41) is 11.8. The molecule has 1 aromatic carbocycles. The van der Waals surface area contributed by atoms with Crippen LogP contribution in [0.25, 0.3) is 0 Å². The van der Waals surface area contributed by atoms with E-state index < -0.39 is 17.3 Å². The topological polar surface area (TPSA) is 63.5 Å². The van der Waals surface area contributed by atoms with Gasteiger partial charge >= 0.3 is 6.18 Å². The fourth-order valence-electron chi connectivity index (χ4n) is 2.26. The van der Waals surface area contributed by atoms with Gasteiger partial charge in [0.2, 0.25) is 0 Å². The normalized spacial score (nSPS) is 11.5. The average molecular weight is 356 g/mol. The Balaban J connectivity index is 2.14. The van der Waals surface area contributed by atoms with Crippen molar-refractivity contribution in [3.63, 3.8) is 0 Å². The molecule has 8 heteroatoms. The molecule has 25 heavy (non-hydrogen) atoms. The van der Waals surface area contributed by atoms with E-state index in [2.05, 4.69) is 5.32 Å². The first-order valence-corrected chi connectivity index (χ1v) is 7.70. The van der Waals surface area contributed by atoms with Gasteiger partial charge in [0.15, 0.2) is 0 Å². The predicted octanol–water partition coefficient (Wildman–Crippen LogP) is 2.34. The van der Waals surface area contributed by atoms with Crippen molar-refractivity contribution in [1.82, 2.24) is 4.57 Å². The molecule has 0 unspecified atom stereocenters. The Labute approximate surface area is 142 Å². The molecule has 0 saturated heterocycles. The van der Waals surface area contributed by atoms with E-state index in [0.29, 0.717) is 24.4 Å². The van der Waals surface area contributed by atoms with E-state index in [1.165, 1.54) is 0 Å². The van der Waals surface area contributed by atoms with E-state index in [4.69, 9.17) is 9.84 Å². The number of aliphatic hydroxyl groups is 1. The number of anilines is 1. The van der Waals surface area contributed by atoms with Gasteiger partial charge < -0.3 is 19.7 Å². The summed E-state index contributed by atoms with van der Waals surface area (Å²) >= 11 is 0. The number of hydrogen-bond donors (Lipinski definition) is 2. The third-order valence-electron chi connectivity index (χ3n) is 3.47. The summed E-state index contributed by atoms with van der Waals surface area (Å²) in [7, 11) is 0. The molecule has 0 fully saturated rings. The largest absolute Gasteiger partial charge is 0.417 e. The minimum Gasteiger partial charge on any atom is -0.394 e. The van der Waals surface area contributed by atoms with Crippen LogP contribution in [-0.2, 0) is 17.5 Å². The van der Waals surface area contributed by atoms with Gasteiger partial charge in [-0.25, -0.2) is 0 Å². The van der Waals surface area contributed by atoms with Crippen molar-refractivity contribution in [3.8, 4) is 0 Å². The Kier molecular flexibility index (Phi) is 6.60. The molecule has 0 radical (unpaired) electrons. The van der Waals surface area contributed by atoms with E-state index in [9.17, 15) is 18.0 Å². The first-order chi connectivity index (χ1) is 11.9. The number of halogens is 3. The summed E-state index contributed by atoms with van der Waals surface area (Å²) < 4.78 is 44.7. The van der Waals surface area contributed by atoms with Crippen molar-refractivity contribution >= 4 is 5.69 Å². The second kappa shape index (κ2) is 8.68. The predicted molar refractivity (Wildman–Crippen MR) is 87.6 cm³/mol. The van der Waals surface area contributed by atoms with Gasteiger partial charge in [-0.3, -0.25) is 4.79 Å². The summed E-state index contributed by atoms with van der Waals surface area (Å²) in [4.78, 5) is 11.9. The standard InChI is InChI=1S/C17H19F3N2O3/c18-17(19,20)14-5-6-16(24)22(12-14)11-13-3-1-2-4-15(13)21-7-9-25-10-8-23/h1-6,12,21,23H,7-11H2. The zero-order valence-electron chi connectivity index (χ0n) is 13.4. The van der Waals surface area contributed by atoms with Gasteiger partial charge in [0.05, 0.1) is 31.9 Å². The maximum absolute atomic E-state index is 12.8. The van der Waals surface area contributed by atoms with Crippen molar-refractivity contribution in [1.29, 1.82) is 0 Å². The first kappa shape index (κ1) is 19.0. The fraction of sp³-hybridized carbons (Fsp3) is 0.353. The van der Waals surface area contributed by atoms with Crippen LogP contribution < -0.4 is 10.9 Å². The fourth-order valence-corrected chi connectivity index (χ4v) is 2.26. The van der Waals surface area contributed by atoms with E-state index in [1.54, 1.807) is 24.3 Å². The molecule has 0 bridgehead atoms. The SMILES string of the molecule is O=c1ccc(C(F)(F)F)cn1Cc1ccccc1NCCOCCO. The van der Waals surface area contributed by atoms with Crippen LogP contribution in [0.2, 0.25) is 0 Å². The molecule has 1 aromatic heterocycles. The lowest BCUT2D eigenvalue weighted by Gasteiger charge is -2.15. The van der Waals surface area contributed by atoms with Crippen LogP contribution in [0.15, 0.2) is 47.4 Å². The Morgan fingerprint density at radius 1 is 1.12 bits per heavy atom. The quantitative estimate of drug-likeness (QED) is 0.713. The third-order valence-corrected chi connectivity index (χ3v) is 3.47. The lowest BCUT2D eigenvalue weighted by molar-refractivity contribution is -0.138. The van der Waals surface area contributed by atoms with Crippen LogP contribution in [0.1, 0.15) is 11.1 Å². The van der Waals surface area contributed by atoms with Crippen LogP contribution in [0.5, 0.6) is 0 Å². The number of ether oxygens (including phenoxy) is 1. The van der Waals surface area contributed by atoms with E-state index >= 15 is 0 Å². The lowest BCUT2D eigenvalue weighted by atomic mass is 10.1. The number of aromatic nitrogens is 1. The van der Waals surface area contributed by atoms with Crippen LogP contribution in [-0.4, -0.2) is 36.0 Å². The summed E-state index contributed by atoms with van der Waals surface area (Å²) in [6.07, 6.45) is -3.68. The molecule has 0 aliphatic heterocycles. The number of hydrogen-bond acceptors (Lipinski definition) is 4. The number of nitrogens with zero attached hydrogens (tertiary/aromatic N) is 1. The van der Waals surface area contributed by atoms with Crippen LogP contribution >= 0.6 is 0 Å². The molecule has 0 aliphatic carbocycles. The van der Waals surface area contributed by atoms with Gasteiger partial charge in [-0.15, -0.1) is 0 Å². The summed E-state index contributed by atoms with van der Waals surface area (Å²) in [6.45, 7) is 1.04. The highest BCUT2D eigenvalue weighted by atomic mass is 19.4. The second-order valence-corrected chi connectivity index (χ2v) is 5.30. The summed E-state index contributed by atoms with van der Waals surface area (Å²) in [5.74, 6) is 0. The molecule has 2 aromatic rings. The average Bonchev–Trinajstić information content (AvgIpc) is 2.57. The maximum Gasteiger partial charge on any atom is 0.417 e. The second-order valence-electron chi connectivity index (χ2n) is 5.30. The van der Waals surface area contributed by atoms with Crippen molar-refractivity contribution < 1.29 is 23.0 Å². The Morgan fingerprint density at radius 2 is 1.88 bits per heavy atom. The molecule has 1 heterocycles. The van der Waals surface area contributed by atoms with E-state index in [0.717, 1.165) is 22.9 Å². The highest BCUT2D eigenvalue weighted by Gasteiger charge is 2.31. The highest BCUT2D eigenvalue weighted by molar-refractivity contribution is 5.51. The van der Waals surface area contributed by atoms with Gasteiger partial charge in [-0.1, -0.05) is 18.2 Å². The van der Waals surface area contributed by atoms with Crippen molar-refractivity contribution in [2.75, 3.05) is 31.7 Å². The van der Waals surface area contributed by atoms with Crippen LogP contribution in [0.3, 0.4) is 0 Å². The smallest absolute Gasteiger partial charge is 0.394 e. The molecular weight excluding hydrogens is 337 g/mol. The van der Waals surface area contributed by atoms with Gasteiger partial charge in [-0.05, 0) is 17.7 Å². The Morgan fingerprint density at radius 3 is 2.60 bits per heavy atom. The number of para-hydroxylation sites is 1. The molecule has 0 spiro atoms. The third kappa shape index (κ3) is 5.61. The van der Waals surface area contributed by atoms with Gasteiger partial charge in [0, 0.05) is 24.5 Å². The monoisotopic (exact) mass is 356 g/mol. The van der Waals surface area contributed by atoms with Gasteiger partial charge in [0.1, 0.15) is 0 Å². The zero-order chi connectivity index (χ0) is 18.3. The molecular formula is C17H19F3N2O3. The van der Waals surface area contributed by atoms with E-state index in [1.807, 2.05) is 0 Å². The number of pyridine rings is 1. The highest BCUT2D eigenvalue weighted by Crippen LogP contribution is 2.28. The molecule has 136 valence electrons. The number of nitrogens with one attached hydrogen (secondary N) is 1. The molecule has 0 saturated carbocycles. The number of benzene rings is 1. The Bertz CT molecular complexity index is 744. The summed E-state index contributed by atoms with van der Waals surface area (Å²) in [6, 6.07) is 8.75. The first-order valence-electron chi connectivity index (χ1n) is 7.70. The maximum atomic E-state index is 12.8. The molecule has 0 aliphatic rings. The molecule has 0 amide bonds. The zero-order valence-corrected chi connectivity index (χ0v) is 13.4. The van der Waals surface area contributed by atoms with Crippen LogP contribution in [0, 0.1) is 0 Å². The molecule has 2 N–H and O–H groups in total. The van der Waals surface area contributed by atoms with Crippen molar-refractivity contribution in [2.45, 2.75) is 12.7 Å². The minimum atomic E-state index is -4.50. The lowest BCUT2D eigenvalue weighted by Crippen LogP contribution is -2.22.